The first-order chi connectivity index (χ1) is 6.93. The van der Waals surface area contributed by atoms with Crippen LogP contribution in [0.3, 0.4) is 0 Å². The fraction of sp³-hybridized carbons (Fsp3) is 0.300. The van der Waals surface area contributed by atoms with Crippen LogP contribution in [0.4, 0.5) is 8.78 Å². The van der Waals surface area contributed by atoms with Gasteiger partial charge in [-0.15, -0.1) is 0 Å². The number of benzene rings is 1. The zero-order valence-corrected chi connectivity index (χ0v) is 8.25. The van der Waals surface area contributed by atoms with Gasteiger partial charge in [-0.2, -0.15) is 8.78 Å². The van der Waals surface area contributed by atoms with Crippen LogP contribution in [0.25, 0.3) is 0 Å². The second kappa shape index (κ2) is 4.25. The summed E-state index contributed by atoms with van der Waals surface area (Å²) in [7, 11) is 0. The Hall–Kier alpha value is -1.65. The number of ether oxygens (including phenoxy) is 1. The number of carboxylic acids is 1. The molecule has 0 amide bonds. The number of hydrogen-bond donors (Lipinski definition) is 1. The quantitative estimate of drug-likeness (QED) is 0.844. The number of hydrogen-bond acceptors (Lipinski definition) is 2. The highest BCUT2D eigenvalue weighted by Crippen LogP contribution is 2.28. The van der Waals surface area contributed by atoms with E-state index >= 15 is 0 Å². The molecule has 0 radical (unpaired) electrons. The lowest BCUT2D eigenvalue weighted by Crippen LogP contribution is -2.10. The van der Waals surface area contributed by atoms with E-state index in [-0.39, 0.29) is 11.3 Å². The Kier molecular flexibility index (Phi) is 3.24. The van der Waals surface area contributed by atoms with E-state index in [1.165, 1.54) is 13.8 Å². The number of aryl methyl sites for hydroxylation is 2. The SMILES string of the molecule is Cc1ccc(C)c(C(=O)O)c1OC(F)F. The summed E-state index contributed by atoms with van der Waals surface area (Å²) in [5.41, 5.74) is 0.553. The van der Waals surface area contributed by atoms with E-state index in [9.17, 15) is 13.6 Å². The third kappa shape index (κ3) is 2.43. The maximum absolute atomic E-state index is 12.1. The van der Waals surface area contributed by atoms with Crippen LogP contribution in [-0.4, -0.2) is 17.7 Å². The number of carboxylic acid groups (broad SMARTS) is 1. The van der Waals surface area contributed by atoms with Gasteiger partial charge < -0.3 is 9.84 Å². The van der Waals surface area contributed by atoms with Gasteiger partial charge in [0.1, 0.15) is 11.3 Å². The van der Waals surface area contributed by atoms with Crippen LogP contribution in [0, 0.1) is 13.8 Å². The Labute approximate surface area is 85.3 Å². The predicted octanol–water partition coefficient (Wildman–Crippen LogP) is 2.60. The molecule has 1 aromatic carbocycles. The molecule has 0 saturated carbocycles. The third-order valence-electron chi connectivity index (χ3n) is 1.98. The van der Waals surface area contributed by atoms with E-state index in [4.69, 9.17) is 5.11 Å². The second-order valence-corrected chi connectivity index (χ2v) is 3.09. The summed E-state index contributed by atoms with van der Waals surface area (Å²) in [6.07, 6.45) is 0. The molecule has 0 saturated heterocycles. The lowest BCUT2D eigenvalue weighted by molar-refractivity contribution is -0.0508. The van der Waals surface area contributed by atoms with Crippen LogP contribution in [0.5, 0.6) is 5.75 Å². The largest absolute Gasteiger partial charge is 0.478 e. The molecule has 0 heterocycles. The first-order valence-corrected chi connectivity index (χ1v) is 4.21. The zero-order chi connectivity index (χ0) is 11.6. The highest BCUT2D eigenvalue weighted by Gasteiger charge is 2.19. The van der Waals surface area contributed by atoms with Crippen molar-refractivity contribution in [2.75, 3.05) is 0 Å². The summed E-state index contributed by atoms with van der Waals surface area (Å²) in [6, 6.07) is 3.09. The Balaban J connectivity index is 3.31. The number of aromatic carboxylic acids is 1. The highest BCUT2D eigenvalue weighted by molar-refractivity contribution is 5.93. The molecular weight excluding hydrogens is 206 g/mol. The summed E-state index contributed by atoms with van der Waals surface area (Å²) < 4.78 is 28.3. The van der Waals surface area contributed by atoms with Crippen LogP contribution in [0.1, 0.15) is 21.5 Å². The smallest absolute Gasteiger partial charge is 0.387 e. The van der Waals surface area contributed by atoms with Crippen molar-refractivity contribution >= 4 is 5.97 Å². The molecule has 0 unspecified atom stereocenters. The minimum atomic E-state index is -3.02. The van der Waals surface area contributed by atoms with Crippen molar-refractivity contribution in [1.82, 2.24) is 0 Å². The molecule has 0 atom stereocenters. The molecule has 1 aromatic rings. The van der Waals surface area contributed by atoms with Crippen LogP contribution in [0.15, 0.2) is 12.1 Å². The van der Waals surface area contributed by atoms with Crippen molar-refractivity contribution in [1.29, 1.82) is 0 Å². The maximum Gasteiger partial charge on any atom is 0.387 e. The standard InChI is InChI=1S/C10H10F2O3/c1-5-3-4-6(2)8(15-10(11)12)7(5)9(13)14/h3-4,10H,1-2H3,(H,13,14). The Bertz CT molecular complexity index is 388. The molecule has 0 spiro atoms. The van der Waals surface area contributed by atoms with Crippen molar-refractivity contribution in [3.63, 3.8) is 0 Å². The Morgan fingerprint density at radius 1 is 1.33 bits per heavy atom. The van der Waals surface area contributed by atoms with Crippen LogP contribution >= 0.6 is 0 Å². The van der Waals surface area contributed by atoms with Gasteiger partial charge in [0, 0.05) is 0 Å². The topological polar surface area (TPSA) is 46.5 Å². The van der Waals surface area contributed by atoms with Crippen molar-refractivity contribution in [2.45, 2.75) is 20.5 Å². The lowest BCUT2D eigenvalue weighted by atomic mass is 10.0. The van der Waals surface area contributed by atoms with Gasteiger partial charge >= 0.3 is 12.6 Å². The molecule has 5 heteroatoms. The third-order valence-corrected chi connectivity index (χ3v) is 1.98. The summed E-state index contributed by atoms with van der Waals surface area (Å²) in [5, 5.41) is 8.86. The van der Waals surface area contributed by atoms with E-state index in [2.05, 4.69) is 4.74 Å². The molecule has 0 aromatic heterocycles. The van der Waals surface area contributed by atoms with Crippen LogP contribution in [-0.2, 0) is 0 Å². The van der Waals surface area contributed by atoms with Gasteiger partial charge in [0.25, 0.3) is 0 Å². The molecule has 0 aliphatic rings. The van der Waals surface area contributed by atoms with Gasteiger partial charge in [-0.25, -0.2) is 4.79 Å². The monoisotopic (exact) mass is 216 g/mol. The van der Waals surface area contributed by atoms with Gasteiger partial charge in [-0.05, 0) is 25.0 Å². The molecule has 0 aliphatic heterocycles. The van der Waals surface area contributed by atoms with E-state index in [0.717, 1.165) is 0 Å². The minimum Gasteiger partial charge on any atom is -0.478 e. The van der Waals surface area contributed by atoms with Crippen LogP contribution < -0.4 is 4.74 Å². The second-order valence-electron chi connectivity index (χ2n) is 3.09. The van der Waals surface area contributed by atoms with Crippen molar-refractivity contribution in [3.8, 4) is 5.75 Å². The van der Waals surface area contributed by atoms with E-state index in [1.807, 2.05) is 0 Å². The van der Waals surface area contributed by atoms with Crippen molar-refractivity contribution in [3.05, 3.63) is 28.8 Å². The summed E-state index contributed by atoms with van der Waals surface area (Å²) >= 11 is 0. The number of rotatable bonds is 3. The normalized spacial score (nSPS) is 10.5. The molecule has 0 aliphatic carbocycles. The summed E-state index contributed by atoms with van der Waals surface area (Å²) in [6.45, 7) is 0.0220. The molecule has 15 heavy (non-hydrogen) atoms. The van der Waals surface area contributed by atoms with Gasteiger partial charge in [0.05, 0.1) is 0 Å². The molecule has 0 fully saturated rings. The predicted molar refractivity (Wildman–Crippen MR) is 49.5 cm³/mol. The van der Waals surface area contributed by atoms with Crippen LogP contribution in [0.2, 0.25) is 0 Å². The highest BCUT2D eigenvalue weighted by atomic mass is 19.3. The summed E-state index contributed by atoms with van der Waals surface area (Å²) in [4.78, 5) is 10.9. The minimum absolute atomic E-state index is 0.213. The first-order valence-electron chi connectivity index (χ1n) is 4.21. The number of alkyl halides is 2. The van der Waals surface area contributed by atoms with Gasteiger partial charge in [0.15, 0.2) is 0 Å². The molecule has 0 bridgehead atoms. The van der Waals surface area contributed by atoms with Gasteiger partial charge in [-0.1, -0.05) is 12.1 Å². The Morgan fingerprint density at radius 2 is 1.87 bits per heavy atom. The molecule has 82 valence electrons. The lowest BCUT2D eigenvalue weighted by Gasteiger charge is -2.12. The number of halogens is 2. The van der Waals surface area contributed by atoms with E-state index < -0.39 is 12.6 Å². The Morgan fingerprint density at radius 3 is 2.33 bits per heavy atom. The van der Waals surface area contributed by atoms with Crippen molar-refractivity contribution in [2.24, 2.45) is 0 Å². The maximum atomic E-state index is 12.1. The average molecular weight is 216 g/mol. The fourth-order valence-electron chi connectivity index (χ4n) is 1.29. The molecule has 3 nitrogen and oxygen atoms in total. The van der Waals surface area contributed by atoms with E-state index in [0.29, 0.717) is 11.1 Å². The van der Waals surface area contributed by atoms with Crippen molar-refractivity contribution < 1.29 is 23.4 Å². The molecule has 1 N–H and O–H groups in total. The van der Waals surface area contributed by atoms with Gasteiger partial charge in [-0.3, -0.25) is 0 Å². The first kappa shape index (κ1) is 11.4. The zero-order valence-electron chi connectivity index (χ0n) is 8.25. The average Bonchev–Trinajstić information content (AvgIpc) is 2.10. The summed E-state index contributed by atoms with van der Waals surface area (Å²) in [5.74, 6) is -1.54. The molecular formula is C10H10F2O3. The van der Waals surface area contributed by atoms with E-state index in [1.54, 1.807) is 12.1 Å². The fourth-order valence-corrected chi connectivity index (χ4v) is 1.29. The number of carbonyl (C=O) groups is 1. The molecule has 1 rings (SSSR count). The van der Waals surface area contributed by atoms with Gasteiger partial charge in [0.2, 0.25) is 0 Å².